The molecule has 0 aromatic heterocycles. The van der Waals surface area contributed by atoms with Crippen LogP contribution in [-0.2, 0) is 20.4 Å². The van der Waals surface area contributed by atoms with Gasteiger partial charge in [-0.05, 0) is 219 Å². The number of esters is 2. The lowest BCUT2D eigenvalue weighted by molar-refractivity contribution is -0.143. The predicted molar refractivity (Wildman–Crippen MR) is 295 cm³/mol. The van der Waals surface area contributed by atoms with Gasteiger partial charge >= 0.3 is 11.9 Å². The zero-order chi connectivity index (χ0) is 53.2. The van der Waals surface area contributed by atoms with E-state index in [0.717, 1.165) is 61.6 Å². The van der Waals surface area contributed by atoms with Crippen molar-refractivity contribution in [1.29, 1.82) is 0 Å². The van der Waals surface area contributed by atoms with Gasteiger partial charge < -0.3 is 19.7 Å². The summed E-state index contributed by atoms with van der Waals surface area (Å²) in [6, 6.07) is 26.1. The number of ether oxygens (including phenoxy) is 2. The third kappa shape index (κ3) is 13.9. The molecular formula is C64H94O6. The van der Waals surface area contributed by atoms with Crippen molar-refractivity contribution in [2.45, 2.75) is 224 Å². The topological polar surface area (TPSA) is 93.1 Å². The molecule has 6 nitrogen and oxygen atoms in total. The van der Waals surface area contributed by atoms with E-state index in [4.69, 9.17) is 9.47 Å². The van der Waals surface area contributed by atoms with Crippen LogP contribution in [0.15, 0.2) is 78.9 Å². The Kier molecular flexibility index (Phi) is 20.7. The van der Waals surface area contributed by atoms with Crippen molar-refractivity contribution in [3.05, 3.63) is 135 Å². The first-order valence-electron chi connectivity index (χ1n) is 26.6. The highest BCUT2D eigenvalue weighted by Gasteiger charge is 2.35. The maximum absolute atomic E-state index is 12.4. The summed E-state index contributed by atoms with van der Waals surface area (Å²) in [4.78, 5) is 24.8. The van der Waals surface area contributed by atoms with Gasteiger partial charge in [0.05, 0.1) is 22.0 Å². The van der Waals surface area contributed by atoms with Gasteiger partial charge in [0.1, 0.15) is 11.5 Å². The molecule has 0 saturated heterocycles. The van der Waals surface area contributed by atoms with Crippen LogP contribution in [0.1, 0.15) is 230 Å². The number of aliphatic hydroxyl groups is 2. The van der Waals surface area contributed by atoms with Gasteiger partial charge in [0.25, 0.3) is 0 Å². The molecule has 4 rings (SSSR count). The smallest absolute Gasteiger partial charge is 0.316 e. The molecule has 0 fully saturated rings. The fourth-order valence-corrected chi connectivity index (χ4v) is 10.2. The van der Waals surface area contributed by atoms with Gasteiger partial charge in [-0.1, -0.05) is 123 Å². The lowest BCUT2D eigenvalue weighted by atomic mass is 9.69. The number of hydrogen-bond donors (Lipinski definition) is 2. The summed E-state index contributed by atoms with van der Waals surface area (Å²) in [6.45, 7) is 41.1. The summed E-state index contributed by atoms with van der Waals surface area (Å²) < 4.78 is 11.4. The molecule has 1 unspecified atom stereocenters. The standard InChI is InChI=1S/C32H48O3.C32H46O3/c2*1-11-31(34,12-2)21-24(7)27-17-15-25(19-22(27)5)32(13-3,14-4)26-16-18-28(23(6)20-26)35-29(33)30(8,9)10/h15-20,24,34H,11-14,21H2,1-10H3;15-21,34H,11-14H2,1-10H3/b;24-21+. The van der Waals surface area contributed by atoms with Crippen LogP contribution in [0.5, 0.6) is 11.5 Å². The van der Waals surface area contributed by atoms with Crippen LogP contribution in [0.2, 0.25) is 0 Å². The first-order chi connectivity index (χ1) is 32.5. The summed E-state index contributed by atoms with van der Waals surface area (Å²) in [5.41, 5.74) is 10.4. The molecule has 0 aliphatic heterocycles. The average Bonchev–Trinajstić information content (AvgIpc) is 3.31. The van der Waals surface area contributed by atoms with E-state index in [0.29, 0.717) is 30.3 Å². The Hall–Kier alpha value is -4.52. The van der Waals surface area contributed by atoms with E-state index < -0.39 is 22.0 Å². The summed E-state index contributed by atoms with van der Waals surface area (Å²) in [6.07, 6.45) is 9.63. The van der Waals surface area contributed by atoms with Crippen molar-refractivity contribution < 1.29 is 29.3 Å². The number of hydrogen-bond acceptors (Lipinski definition) is 6. The molecule has 0 spiro atoms. The maximum Gasteiger partial charge on any atom is 0.316 e. The van der Waals surface area contributed by atoms with Gasteiger partial charge in [-0.3, -0.25) is 9.59 Å². The number of benzene rings is 4. The number of aryl methyl sites for hydroxylation is 4. The third-order valence-electron chi connectivity index (χ3n) is 15.8. The van der Waals surface area contributed by atoms with Crippen LogP contribution in [0.25, 0.3) is 5.57 Å². The van der Waals surface area contributed by atoms with E-state index in [1.165, 1.54) is 44.5 Å². The van der Waals surface area contributed by atoms with Crippen LogP contribution in [-0.4, -0.2) is 33.4 Å². The van der Waals surface area contributed by atoms with Gasteiger partial charge in [-0.15, -0.1) is 0 Å². The van der Waals surface area contributed by atoms with Crippen molar-refractivity contribution in [1.82, 2.24) is 0 Å². The van der Waals surface area contributed by atoms with E-state index in [9.17, 15) is 19.8 Å². The van der Waals surface area contributed by atoms with Crippen molar-refractivity contribution in [3.63, 3.8) is 0 Å². The van der Waals surface area contributed by atoms with Crippen LogP contribution in [0.4, 0.5) is 0 Å². The quantitative estimate of drug-likeness (QED) is 0.0718. The molecule has 6 heteroatoms. The number of allylic oxidation sites excluding steroid dienone is 1. The Morgan fingerprint density at radius 3 is 1.19 bits per heavy atom. The highest BCUT2D eigenvalue weighted by atomic mass is 16.5. The number of carbonyl (C=O) groups excluding carboxylic acids is 2. The van der Waals surface area contributed by atoms with Gasteiger partial charge in [-0.25, -0.2) is 0 Å². The number of carbonyl (C=O) groups is 2. The molecule has 0 aliphatic carbocycles. The molecule has 4 aromatic carbocycles. The Balaban J connectivity index is 0.000000370. The number of rotatable bonds is 19. The molecule has 0 aliphatic rings. The van der Waals surface area contributed by atoms with E-state index in [1.54, 1.807) is 0 Å². The van der Waals surface area contributed by atoms with E-state index >= 15 is 0 Å². The van der Waals surface area contributed by atoms with Gasteiger partial charge in [0.2, 0.25) is 0 Å². The zero-order valence-electron chi connectivity index (χ0n) is 47.5. The minimum Gasteiger partial charge on any atom is -0.426 e. The van der Waals surface area contributed by atoms with Crippen molar-refractivity contribution in [3.8, 4) is 11.5 Å². The van der Waals surface area contributed by atoms with Crippen molar-refractivity contribution in [2.75, 3.05) is 0 Å². The molecule has 1 atom stereocenters. The lowest BCUT2D eigenvalue weighted by Crippen LogP contribution is -2.29. The summed E-state index contributed by atoms with van der Waals surface area (Å²) in [5, 5.41) is 21.7. The van der Waals surface area contributed by atoms with Crippen LogP contribution in [0.3, 0.4) is 0 Å². The van der Waals surface area contributed by atoms with E-state index in [-0.39, 0.29) is 22.8 Å². The summed E-state index contributed by atoms with van der Waals surface area (Å²) >= 11 is 0. The minimum absolute atomic E-state index is 0.114. The fourth-order valence-electron chi connectivity index (χ4n) is 10.2. The first-order valence-corrected chi connectivity index (χ1v) is 26.6. The van der Waals surface area contributed by atoms with Crippen LogP contribution < -0.4 is 9.47 Å². The van der Waals surface area contributed by atoms with Gasteiger partial charge in [0.15, 0.2) is 0 Å². The van der Waals surface area contributed by atoms with Gasteiger partial charge in [0, 0.05) is 10.8 Å². The Morgan fingerprint density at radius 2 is 0.871 bits per heavy atom. The fraction of sp³-hybridized carbons (Fsp3) is 0.562. The molecular weight excluding hydrogens is 865 g/mol. The molecule has 0 heterocycles. The largest absolute Gasteiger partial charge is 0.426 e. The van der Waals surface area contributed by atoms with E-state index in [1.807, 2.05) is 87.4 Å². The van der Waals surface area contributed by atoms with Crippen molar-refractivity contribution in [2.24, 2.45) is 10.8 Å². The molecule has 386 valence electrons. The predicted octanol–water partition coefficient (Wildman–Crippen LogP) is 16.7. The Bertz CT molecular complexity index is 2400. The Morgan fingerprint density at radius 1 is 0.514 bits per heavy atom. The second-order valence-electron chi connectivity index (χ2n) is 22.6. The molecule has 0 saturated carbocycles. The Labute approximate surface area is 426 Å². The highest BCUT2D eigenvalue weighted by molar-refractivity contribution is 5.79. The second-order valence-corrected chi connectivity index (χ2v) is 22.6. The molecule has 2 N–H and O–H groups in total. The monoisotopic (exact) mass is 959 g/mol. The average molecular weight is 959 g/mol. The molecule has 70 heavy (non-hydrogen) atoms. The third-order valence-corrected chi connectivity index (χ3v) is 15.8. The second kappa shape index (κ2) is 24.3. The molecule has 0 amide bonds. The molecule has 0 bridgehead atoms. The molecule has 0 radical (unpaired) electrons. The first kappa shape index (κ1) is 59.8. The van der Waals surface area contributed by atoms with Crippen molar-refractivity contribution >= 4 is 17.5 Å². The molecule has 4 aromatic rings. The summed E-state index contributed by atoms with van der Waals surface area (Å²) in [7, 11) is 0. The SMILES string of the molecule is CCC(O)(/C=C(\C)c1ccc(C(CC)(CC)c2ccc(OC(=O)C(C)(C)C)c(C)c2)cc1C)CC.CCC(O)(CC)CC(C)c1ccc(C(CC)(CC)c2ccc(OC(=O)C(C)(C)C)c(C)c2)cc1C. The minimum atomic E-state index is -0.762. The van der Waals surface area contributed by atoms with Gasteiger partial charge in [-0.2, -0.15) is 0 Å². The maximum atomic E-state index is 12.4. The zero-order valence-corrected chi connectivity index (χ0v) is 47.5. The highest BCUT2D eigenvalue weighted by Crippen LogP contribution is 2.44. The van der Waals surface area contributed by atoms with Crippen LogP contribution in [0, 0.1) is 38.5 Å². The van der Waals surface area contributed by atoms with E-state index in [2.05, 4.69) is 130 Å². The van der Waals surface area contributed by atoms with Crippen LogP contribution >= 0.6 is 0 Å². The summed E-state index contributed by atoms with van der Waals surface area (Å²) in [5.74, 6) is 1.11. The normalized spacial score (nSPS) is 13.4. The lowest BCUT2D eigenvalue weighted by Gasteiger charge is -2.35.